The Kier molecular flexibility index (Phi) is 5.74. The molecular weight excluding hydrogens is 436 g/mol. The first-order valence-corrected chi connectivity index (χ1v) is 9.88. The Morgan fingerprint density at radius 1 is 1.19 bits per heavy atom. The number of nitrogens with zero attached hydrogens (tertiary/aromatic N) is 2. The van der Waals surface area contributed by atoms with Crippen molar-refractivity contribution >= 4 is 35.0 Å². The lowest BCUT2D eigenvalue weighted by Crippen LogP contribution is -2.26. The van der Waals surface area contributed by atoms with E-state index in [2.05, 4.69) is 15.7 Å². The van der Waals surface area contributed by atoms with E-state index < -0.39 is 17.9 Å². The molecule has 1 aliphatic rings. The van der Waals surface area contributed by atoms with Crippen LogP contribution in [-0.2, 0) is 4.79 Å². The summed E-state index contributed by atoms with van der Waals surface area (Å²) in [4.78, 5) is 24.8. The smallest absolute Gasteiger partial charge is 0.352 e. The summed E-state index contributed by atoms with van der Waals surface area (Å²) < 4.78 is 12.3. The molecule has 1 amide bonds. The van der Waals surface area contributed by atoms with E-state index in [9.17, 15) is 14.7 Å². The number of benzene rings is 2. The number of anilines is 2. The summed E-state index contributed by atoms with van der Waals surface area (Å²) in [6, 6.07) is 11.3. The Morgan fingerprint density at radius 3 is 2.66 bits per heavy atom. The fourth-order valence-electron chi connectivity index (χ4n) is 3.43. The quantitative estimate of drug-likeness (QED) is 0.519. The van der Waals surface area contributed by atoms with Crippen molar-refractivity contribution in [2.45, 2.75) is 6.04 Å². The molecular formula is C22H19ClN4O5. The number of carboxylic acid groups (broad SMARTS) is 1. The van der Waals surface area contributed by atoms with Gasteiger partial charge >= 0.3 is 5.97 Å². The van der Waals surface area contributed by atoms with Crippen LogP contribution in [0.3, 0.4) is 0 Å². The lowest BCUT2D eigenvalue weighted by Gasteiger charge is -2.26. The molecule has 0 bridgehead atoms. The number of carbonyl (C=O) groups excluding carboxylic acids is 1. The lowest BCUT2D eigenvalue weighted by atomic mass is 10.0. The number of aliphatic carboxylic acids is 1. The van der Waals surface area contributed by atoms with E-state index in [1.54, 1.807) is 42.5 Å². The van der Waals surface area contributed by atoms with E-state index in [0.717, 1.165) is 0 Å². The van der Waals surface area contributed by atoms with Gasteiger partial charge in [-0.15, -0.1) is 0 Å². The fourth-order valence-corrected chi connectivity index (χ4v) is 3.61. The zero-order valence-corrected chi connectivity index (χ0v) is 17.9. The Morgan fingerprint density at radius 2 is 1.97 bits per heavy atom. The molecule has 2 aromatic carbocycles. The molecule has 32 heavy (non-hydrogen) atoms. The van der Waals surface area contributed by atoms with Crippen LogP contribution in [0, 0.1) is 0 Å². The molecule has 0 saturated carbocycles. The van der Waals surface area contributed by atoms with E-state index in [1.165, 1.54) is 31.2 Å². The molecule has 3 N–H and O–H groups in total. The van der Waals surface area contributed by atoms with Gasteiger partial charge in [-0.3, -0.25) is 4.79 Å². The van der Waals surface area contributed by atoms with Crippen LogP contribution in [-0.4, -0.2) is 41.0 Å². The predicted octanol–water partition coefficient (Wildman–Crippen LogP) is 3.79. The van der Waals surface area contributed by atoms with Crippen LogP contribution in [0.25, 0.3) is 0 Å². The van der Waals surface area contributed by atoms with Gasteiger partial charge in [0.25, 0.3) is 5.91 Å². The minimum absolute atomic E-state index is 0.0975. The highest BCUT2D eigenvalue weighted by Gasteiger charge is 2.31. The van der Waals surface area contributed by atoms with E-state index in [1.807, 2.05) is 0 Å². The lowest BCUT2D eigenvalue weighted by molar-refractivity contribution is -0.132. The molecule has 0 radical (unpaired) electrons. The van der Waals surface area contributed by atoms with Crippen molar-refractivity contribution < 1.29 is 24.2 Å². The average molecular weight is 455 g/mol. The number of carboxylic acids is 1. The number of halogens is 1. The second-order valence-corrected chi connectivity index (χ2v) is 7.26. The second-order valence-electron chi connectivity index (χ2n) is 6.85. The highest BCUT2D eigenvalue weighted by Crippen LogP contribution is 2.38. The van der Waals surface area contributed by atoms with Gasteiger partial charge in [-0.25, -0.2) is 9.48 Å². The molecule has 1 atom stereocenters. The molecule has 9 nitrogen and oxygen atoms in total. The molecule has 3 aromatic rings. The first kappa shape index (κ1) is 21.3. The Bertz CT molecular complexity index is 1240. The molecule has 4 rings (SSSR count). The zero-order chi connectivity index (χ0) is 22.8. The van der Waals surface area contributed by atoms with Gasteiger partial charge in [-0.2, -0.15) is 5.10 Å². The van der Waals surface area contributed by atoms with Crippen molar-refractivity contribution in [1.29, 1.82) is 0 Å². The number of carbonyl (C=O) groups is 2. The summed E-state index contributed by atoms with van der Waals surface area (Å²) in [5.74, 6) is -0.363. The average Bonchev–Trinajstić information content (AvgIpc) is 3.23. The summed E-state index contributed by atoms with van der Waals surface area (Å²) >= 11 is 6.14. The SMILES string of the molecule is COc1ccc(OC)c(C2C=C(C(=O)O)Nc3c(C(=O)Nc4ccccc4Cl)cnn32)c1. The van der Waals surface area contributed by atoms with E-state index in [0.29, 0.717) is 27.8 Å². The third kappa shape index (κ3) is 3.85. The van der Waals surface area contributed by atoms with Gasteiger partial charge in [0, 0.05) is 5.56 Å². The van der Waals surface area contributed by atoms with E-state index in [-0.39, 0.29) is 17.1 Å². The Labute approximate surface area is 188 Å². The van der Waals surface area contributed by atoms with Gasteiger partial charge < -0.3 is 25.2 Å². The minimum Gasteiger partial charge on any atom is -0.497 e. The normalized spacial score (nSPS) is 14.6. The maximum Gasteiger partial charge on any atom is 0.352 e. The number of aromatic nitrogens is 2. The summed E-state index contributed by atoms with van der Waals surface area (Å²) in [6.07, 6.45) is 2.86. The number of para-hydroxylation sites is 1. The Balaban J connectivity index is 1.79. The van der Waals surface area contributed by atoms with Crippen LogP contribution < -0.4 is 20.1 Å². The topological polar surface area (TPSA) is 115 Å². The number of rotatable bonds is 6. The van der Waals surface area contributed by atoms with Gasteiger partial charge in [0.15, 0.2) is 0 Å². The molecule has 0 spiro atoms. The molecule has 0 saturated heterocycles. The zero-order valence-electron chi connectivity index (χ0n) is 17.1. The highest BCUT2D eigenvalue weighted by atomic mass is 35.5. The van der Waals surface area contributed by atoms with E-state index in [4.69, 9.17) is 21.1 Å². The molecule has 0 fully saturated rings. The van der Waals surface area contributed by atoms with Gasteiger partial charge in [0.2, 0.25) is 0 Å². The Hall–Kier alpha value is -3.98. The van der Waals surface area contributed by atoms with Crippen molar-refractivity contribution in [2.75, 3.05) is 24.9 Å². The summed E-state index contributed by atoms with van der Waals surface area (Å²) in [6.45, 7) is 0. The largest absolute Gasteiger partial charge is 0.497 e. The number of hydrogen-bond acceptors (Lipinski definition) is 6. The van der Waals surface area contributed by atoms with Crippen molar-refractivity contribution in [1.82, 2.24) is 9.78 Å². The molecule has 2 heterocycles. The molecule has 0 aliphatic carbocycles. The number of hydrogen-bond donors (Lipinski definition) is 3. The van der Waals surface area contributed by atoms with Crippen LogP contribution >= 0.6 is 11.6 Å². The number of nitrogens with one attached hydrogen (secondary N) is 2. The van der Waals surface area contributed by atoms with E-state index >= 15 is 0 Å². The van der Waals surface area contributed by atoms with Crippen molar-refractivity contribution in [3.05, 3.63) is 76.6 Å². The molecule has 10 heteroatoms. The number of fused-ring (bicyclic) bond motifs is 1. The molecule has 1 unspecified atom stereocenters. The van der Waals surface area contributed by atoms with Crippen molar-refractivity contribution in [3.63, 3.8) is 0 Å². The highest BCUT2D eigenvalue weighted by molar-refractivity contribution is 6.34. The third-order valence-corrected chi connectivity index (χ3v) is 5.32. The molecule has 164 valence electrons. The number of amides is 1. The van der Waals surface area contributed by atoms with Crippen molar-refractivity contribution in [3.8, 4) is 11.5 Å². The maximum atomic E-state index is 13.0. The fraction of sp³-hybridized carbons (Fsp3) is 0.136. The summed E-state index contributed by atoms with van der Waals surface area (Å²) in [7, 11) is 3.05. The standard InChI is InChI=1S/C22H19ClN4O5/c1-31-12-7-8-19(32-2)13(9-12)18-10-17(22(29)30)25-20-14(11-24-27(18)20)21(28)26-16-6-4-3-5-15(16)23/h3-11,18,25H,1-2H3,(H,26,28)(H,29,30). The van der Waals surface area contributed by atoms with Crippen LogP contribution in [0.1, 0.15) is 22.0 Å². The monoisotopic (exact) mass is 454 g/mol. The first-order chi connectivity index (χ1) is 15.4. The van der Waals surface area contributed by atoms with Gasteiger partial charge in [0.05, 0.1) is 31.1 Å². The minimum atomic E-state index is -1.18. The first-order valence-electron chi connectivity index (χ1n) is 9.50. The third-order valence-electron chi connectivity index (χ3n) is 4.99. The summed E-state index contributed by atoms with van der Waals surface area (Å²) in [5, 5.41) is 19.9. The number of allylic oxidation sites excluding steroid dienone is 1. The maximum absolute atomic E-state index is 13.0. The molecule has 1 aliphatic heterocycles. The predicted molar refractivity (Wildman–Crippen MR) is 119 cm³/mol. The molecule has 1 aromatic heterocycles. The van der Waals surface area contributed by atoms with Crippen LogP contribution in [0.4, 0.5) is 11.5 Å². The summed E-state index contributed by atoms with van der Waals surface area (Å²) in [5.41, 5.74) is 1.10. The number of methoxy groups -OCH3 is 2. The second kappa shape index (κ2) is 8.64. The van der Waals surface area contributed by atoms with Gasteiger partial charge in [-0.1, -0.05) is 23.7 Å². The van der Waals surface area contributed by atoms with Crippen molar-refractivity contribution in [2.24, 2.45) is 0 Å². The van der Waals surface area contributed by atoms with Gasteiger partial charge in [0.1, 0.15) is 34.6 Å². The van der Waals surface area contributed by atoms with Crippen LogP contribution in [0.5, 0.6) is 11.5 Å². The van der Waals surface area contributed by atoms with Gasteiger partial charge in [-0.05, 0) is 36.4 Å². The number of ether oxygens (including phenoxy) is 2. The van der Waals surface area contributed by atoms with Crippen LogP contribution in [0.15, 0.2) is 60.4 Å². The van der Waals surface area contributed by atoms with Crippen LogP contribution in [0.2, 0.25) is 5.02 Å².